The van der Waals surface area contributed by atoms with Gasteiger partial charge in [0.2, 0.25) is 11.8 Å². The molecule has 0 radical (unpaired) electrons. The number of fused-ring (bicyclic) bond motifs is 1. The van der Waals surface area contributed by atoms with Crippen LogP contribution in [-0.4, -0.2) is 34.2 Å². The van der Waals surface area contributed by atoms with Crippen molar-refractivity contribution in [2.75, 3.05) is 14.2 Å². The van der Waals surface area contributed by atoms with Gasteiger partial charge >= 0.3 is 0 Å². The van der Waals surface area contributed by atoms with Crippen molar-refractivity contribution in [2.24, 2.45) is 0 Å². The van der Waals surface area contributed by atoms with Crippen LogP contribution in [0.1, 0.15) is 0 Å². The van der Waals surface area contributed by atoms with E-state index in [2.05, 4.69) is 15.0 Å². The summed E-state index contributed by atoms with van der Waals surface area (Å²) in [6, 6.07) is 11.3. The molecule has 6 nitrogen and oxygen atoms in total. The van der Waals surface area contributed by atoms with E-state index >= 15 is 0 Å². The number of ether oxygens (including phenoxy) is 2. The summed E-state index contributed by atoms with van der Waals surface area (Å²) in [5, 5.41) is 2.01. The van der Waals surface area contributed by atoms with Crippen molar-refractivity contribution in [3.8, 4) is 34.5 Å². The van der Waals surface area contributed by atoms with Crippen molar-refractivity contribution < 1.29 is 9.47 Å². The molecule has 4 rings (SSSR count). The number of pyridine rings is 2. The molecule has 4 aromatic heterocycles. The molecule has 0 saturated carbocycles. The number of hydrogen-bond acceptors (Lipinski definition) is 7. The lowest BCUT2D eigenvalue weighted by Gasteiger charge is -2.06. The molecule has 4 aromatic rings. The molecular formula is C18H14N4O2S. The average molecular weight is 350 g/mol. The second kappa shape index (κ2) is 6.45. The average Bonchev–Trinajstić information content (AvgIpc) is 3.12. The number of methoxy groups -OCH3 is 2. The Morgan fingerprint density at radius 3 is 2.52 bits per heavy atom. The highest BCUT2D eigenvalue weighted by atomic mass is 32.1. The number of aromatic nitrogens is 4. The predicted molar refractivity (Wildman–Crippen MR) is 97.0 cm³/mol. The lowest BCUT2D eigenvalue weighted by molar-refractivity contribution is 0.398. The molecular weight excluding hydrogens is 336 g/mol. The molecule has 0 unspecified atom stereocenters. The first-order valence-electron chi connectivity index (χ1n) is 7.56. The minimum absolute atomic E-state index is 0.521. The van der Waals surface area contributed by atoms with Crippen LogP contribution in [0.3, 0.4) is 0 Å². The Morgan fingerprint density at radius 1 is 0.880 bits per heavy atom. The van der Waals surface area contributed by atoms with Crippen molar-refractivity contribution >= 4 is 21.6 Å². The standard InChI is InChI=1S/C18H14N4O2S/c1-23-14-8-5-7-12(20-14)11-10-25-16-15(11)21-17(22-18(16)24-2)13-6-3-4-9-19-13/h3-10H,1-2H3. The second-order valence-corrected chi connectivity index (χ2v) is 6.04. The summed E-state index contributed by atoms with van der Waals surface area (Å²) in [5.74, 6) is 1.61. The number of nitrogens with zero attached hydrogens (tertiary/aromatic N) is 4. The summed E-state index contributed by atoms with van der Waals surface area (Å²) in [7, 11) is 3.20. The molecule has 0 bridgehead atoms. The highest BCUT2D eigenvalue weighted by molar-refractivity contribution is 7.18. The zero-order chi connectivity index (χ0) is 17.2. The van der Waals surface area contributed by atoms with E-state index < -0.39 is 0 Å². The molecule has 0 aromatic carbocycles. The summed E-state index contributed by atoms with van der Waals surface area (Å²) in [5.41, 5.74) is 3.19. The Hall–Kier alpha value is -3.06. The molecule has 0 aliphatic rings. The first kappa shape index (κ1) is 15.5. The first-order valence-corrected chi connectivity index (χ1v) is 8.44. The van der Waals surface area contributed by atoms with Crippen LogP contribution in [0.5, 0.6) is 11.8 Å². The van der Waals surface area contributed by atoms with Gasteiger partial charge in [-0.15, -0.1) is 11.3 Å². The molecule has 0 atom stereocenters. The van der Waals surface area contributed by atoms with Crippen LogP contribution >= 0.6 is 11.3 Å². The number of rotatable bonds is 4. The van der Waals surface area contributed by atoms with Crippen LogP contribution in [0.4, 0.5) is 0 Å². The topological polar surface area (TPSA) is 70.0 Å². The Labute approximate surface area is 148 Å². The SMILES string of the molecule is COc1cccc(-c2csc3c(OC)nc(-c4ccccn4)nc23)n1. The normalized spacial score (nSPS) is 10.8. The summed E-state index contributed by atoms with van der Waals surface area (Å²) >= 11 is 1.53. The molecule has 124 valence electrons. The van der Waals surface area contributed by atoms with Gasteiger partial charge in [0, 0.05) is 23.2 Å². The molecule has 0 fully saturated rings. The minimum atomic E-state index is 0.521. The quantitative estimate of drug-likeness (QED) is 0.557. The summed E-state index contributed by atoms with van der Waals surface area (Å²) < 4.78 is 11.6. The lowest BCUT2D eigenvalue weighted by Crippen LogP contribution is -1.96. The van der Waals surface area contributed by atoms with Crippen molar-refractivity contribution in [3.63, 3.8) is 0 Å². The maximum atomic E-state index is 5.47. The van der Waals surface area contributed by atoms with Gasteiger partial charge in [0.1, 0.15) is 10.4 Å². The van der Waals surface area contributed by atoms with Gasteiger partial charge < -0.3 is 9.47 Å². The second-order valence-electron chi connectivity index (χ2n) is 5.16. The predicted octanol–water partition coefficient (Wildman–Crippen LogP) is 3.83. The smallest absolute Gasteiger partial charge is 0.235 e. The van der Waals surface area contributed by atoms with Gasteiger partial charge in [-0.05, 0) is 18.2 Å². The van der Waals surface area contributed by atoms with Gasteiger partial charge in [-0.2, -0.15) is 4.98 Å². The van der Waals surface area contributed by atoms with E-state index in [0.717, 1.165) is 21.5 Å². The van der Waals surface area contributed by atoms with Crippen LogP contribution < -0.4 is 9.47 Å². The molecule has 0 amide bonds. The van der Waals surface area contributed by atoms with E-state index in [1.165, 1.54) is 11.3 Å². The minimum Gasteiger partial charge on any atom is -0.481 e. The Morgan fingerprint density at radius 2 is 1.76 bits per heavy atom. The zero-order valence-corrected chi connectivity index (χ0v) is 14.4. The van der Waals surface area contributed by atoms with Crippen LogP contribution in [-0.2, 0) is 0 Å². The number of hydrogen-bond donors (Lipinski definition) is 0. The highest BCUT2D eigenvalue weighted by Crippen LogP contribution is 2.37. The first-order chi connectivity index (χ1) is 12.3. The monoisotopic (exact) mass is 350 g/mol. The van der Waals surface area contributed by atoms with E-state index in [9.17, 15) is 0 Å². The molecule has 0 aliphatic carbocycles. The summed E-state index contributed by atoms with van der Waals surface area (Å²) in [6.45, 7) is 0. The van der Waals surface area contributed by atoms with Gasteiger partial charge in [-0.1, -0.05) is 12.1 Å². The van der Waals surface area contributed by atoms with Crippen LogP contribution in [0.25, 0.3) is 33.0 Å². The van der Waals surface area contributed by atoms with Gasteiger partial charge in [0.25, 0.3) is 0 Å². The maximum absolute atomic E-state index is 5.47. The largest absolute Gasteiger partial charge is 0.481 e. The van der Waals surface area contributed by atoms with Crippen LogP contribution in [0.2, 0.25) is 0 Å². The number of thiophene rings is 1. The molecule has 0 N–H and O–H groups in total. The van der Waals surface area contributed by atoms with E-state index in [4.69, 9.17) is 14.5 Å². The van der Waals surface area contributed by atoms with Gasteiger partial charge in [0.15, 0.2) is 5.82 Å². The molecule has 25 heavy (non-hydrogen) atoms. The van der Waals surface area contributed by atoms with E-state index in [1.807, 2.05) is 41.8 Å². The third-order valence-corrected chi connectivity index (χ3v) is 4.64. The van der Waals surface area contributed by atoms with Crippen molar-refractivity contribution in [2.45, 2.75) is 0 Å². The fraction of sp³-hybridized carbons (Fsp3) is 0.111. The van der Waals surface area contributed by atoms with Gasteiger partial charge in [-0.3, -0.25) is 4.98 Å². The molecule has 7 heteroatoms. The van der Waals surface area contributed by atoms with Crippen LogP contribution in [0.15, 0.2) is 48.0 Å². The highest BCUT2D eigenvalue weighted by Gasteiger charge is 2.17. The van der Waals surface area contributed by atoms with Gasteiger partial charge in [0.05, 0.1) is 25.4 Å². The molecule has 4 heterocycles. The fourth-order valence-electron chi connectivity index (χ4n) is 2.50. The Balaban J connectivity index is 1.95. The third-order valence-electron chi connectivity index (χ3n) is 3.68. The van der Waals surface area contributed by atoms with Crippen molar-refractivity contribution in [3.05, 3.63) is 48.0 Å². The molecule has 0 aliphatic heterocycles. The maximum Gasteiger partial charge on any atom is 0.235 e. The zero-order valence-electron chi connectivity index (χ0n) is 13.6. The molecule has 0 spiro atoms. The Kier molecular flexibility index (Phi) is 3.99. The summed E-state index contributed by atoms with van der Waals surface area (Å²) in [4.78, 5) is 18.1. The summed E-state index contributed by atoms with van der Waals surface area (Å²) in [6.07, 6.45) is 1.72. The van der Waals surface area contributed by atoms with E-state index in [-0.39, 0.29) is 0 Å². The van der Waals surface area contributed by atoms with Crippen molar-refractivity contribution in [1.82, 2.24) is 19.9 Å². The molecule has 0 saturated heterocycles. The van der Waals surface area contributed by atoms with Crippen molar-refractivity contribution in [1.29, 1.82) is 0 Å². The lowest BCUT2D eigenvalue weighted by atomic mass is 10.2. The van der Waals surface area contributed by atoms with E-state index in [1.54, 1.807) is 20.4 Å². The van der Waals surface area contributed by atoms with E-state index in [0.29, 0.717) is 23.3 Å². The van der Waals surface area contributed by atoms with Gasteiger partial charge in [-0.25, -0.2) is 9.97 Å². The fourth-order valence-corrected chi connectivity index (χ4v) is 3.47. The third kappa shape index (κ3) is 2.78. The Bertz CT molecular complexity index is 1030. The van der Waals surface area contributed by atoms with Crippen LogP contribution in [0, 0.1) is 0 Å².